The summed E-state index contributed by atoms with van der Waals surface area (Å²) in [4.78, 5) is 0. The molecule has 0 unspecified atom stereocenters. The predicted molar refractivity (Wildman–Crippen MR) is 91.7 cm³/mol. The lowest BCUT2D eigenvalue weighted by Crippen LogP contribution is -2.03. The van der Waals surface area contributed by atoms with Gasteiger partial charge in [0.15, 0.2) is 11.5 Å². The first-order chi connectivity index (χ1) is 10.7. The molecule has 4 heteroatoms. The third-order valence-corrected chi connectivity index (χ3v) is 3.43. The van der Waals surface area contributed by atoms with E-state index in [1.165, 1.54) is 0 Å². The first kappa shape index (κ1) is 16.4. The van der Waals surface area contributed by atoms with E-state index >= 15 is 0 Å². The molecule has 0 amide bonds. The van der Waals surface area contributed by atoms with Crippen LogP contribution in [0.3, 0.4) is 0 Å². The maximum absolute atomic E-state index is 5.85. The molecule has 0 heterocycles. The lowest BCUT2D eigenvalue weighted by Gasteiger charge is -2.10. The second kappa shape index (κ2) is 8.47. The Labute approximate surface area is 136 Å². The highest BCUT2D eigenvalue weighted by Crippen LogP contribution is 2.28. The van der Waals surface area contributed by atoms with Gasteiger partial charge < -0.3 is 15.2 Å². The number of hydrogen-bond acceptors (Lipinski definition) is 3. The van der Waals surface area contributed by atoms with Gasteiger partial charge in [-0.05, 0) is 54.4 Å². The van der Waals surface area contributed by atoms with Crippen molar-refractivity contribution in [3.05, 3.63) is 64.7 Å². The normalized spacial score (nSPS) is 10.9. The van der Waals surface area contributed by atoms with Crippen LogP contribution in [0.25, 0.3) is 6.08 Å². The predicted octanol–water partition coefficient (Wildman–Crippen LogP) is 3.94. The van der Waals surface area contributed by atoms with Gasteiger partial charge in [-0.1, -0.05) is 35.9 Å². The molecule has 0 bridgehead atoms. The summed E-state index contributed by atoms with van der Waals surface area (Å²) in [5.74, 6) is 1.45. The van der Waals surface area contributed by atoms with Gasteiger partial charge in [-0.3, -0.25) is 0 Å². The zero-order chi connectivity index (χ0) is 15.8. The van der Waals surface area contributed by atoms with E-state index in [9.17, 15) is 0 Å². The highest BCUT2D eigenvalue weighted by Gasteiger charge is 2.04. The second-order valence-corrected chi connectivity index (χ2v) is 5.23. The van der Waals surface area contributed by atoms with Gasteiger partial charge in [-0.15, -0.1) is 0 Å². The van der Waals surface area contributed by atoms with E-state index in [0.717, 1.165) is 34.1 Å². The fourth-order valence-corrected chi connectivity index (χ4v) is 2.18. The third kappa shape index (κ3) is 4.79. The van der Waals surface area contributed by atoms with Crippen molar-refractivity contribution in [3.63, 3.8) is 0 Å². The zero-order valence-electron chi connectivity index (χ0n) is 12.6. The molecule has 0 aliphatic carbocycles. The molecule has 0 saturated carbocycles. The van der Waals surface area contributed by atoms with Gasteiger partial charge in [0.2, 0.25) is 0 Å². The Balaban J connectivity index is 1.94. The van der Waals surface area contributed by atoms with Gasteiger partial charge in [0, 0.05) is 5.02 Å². The largest absolute Gasteiger partial charge is 0.493 e. The molecule has 0 aromatic heterocycles. The SMILES string of the molecule is COc1cc(CCN)ccc1OC/C=C/c1ccc(Cl)cc1. The third-order valence-electron chi connectivity index (χ3n) is 3.18. The monoisotopic (exact) mass is 317 g/mol. The van der Waals surface area contributed by atoms with Crippen molar-refractivity contribution in [3.8, 4) is 11.5 Å². The van der Waals surface area contributed by atoms with E-state index in [1.54, 1.807) is 7.11 Å². The summed E-state index contributed by atoms with van der Waals surface area (Å²) in [5, 5.41) is 0.732. The van der Waals surface area contributed by atoms with Crippen LogP contribution in [0.4, 0.5) is 0 Å². The summed E-state index contributed by atoms with van der Waals surface area (Å²) < 4.78 is 11.1. The van der Waals surface area contributed by atoms with Gasteiger partial charge in [0.05, 0.1) is 7.11 Å². The Morgan fingerprint density at radius 2 is 1.86 bits per heavy atom. The van der Waals surface area contributed by atoms with E-state index in [-0.39, 0.29) is 0 Å². The first-order valence-electron chi connectivity index (χ1n) is 7.15. The summed E-state index contributed by atoms with van der Waals surface area (Å²) >= 11 is 5.85. The topological polar surface area (TPSA) is 44.5 Å². The molecule has 116 valence electrons. The summed E-state index contributed by atoms with van der Waals surface area (Å²) in [6.07, 6.45) is 4.77. The lowest BCUT2D eigenvalue weighted by atomic mass is 10.1. The van der Waals surface area contributed by atoms with Crippen LogP contribution in [0.15, 0.2) is 48.5 Å². The molecular weight excluding hydrogens is 298 g/mol. The second-order valence-electron chi connectivity index (χ2n) is 4.79. The Morgan fingerprint density at radius 3 is 2.55 bits per heavy atom. The van der Waals surface area contributed by atoms with Crippen molar-refractivity contribution >= 4 is 17.7 Å². The minimum atomic E-state index is 0.467. The van der Waals surface area contributed by atoms with Crippen LogP contribution in [0.1, 0.15) is 11.1 Å². The molecule has 0 fully saturated rings. The average molecular weight is 318 g/mol. The van der Waals surface area contributed by atoms with Crippen LogP contribution < -0.4 is 15.2 Å². The number of rotatable bonds is 7. The zero-order valence-corrected chi connectivity index (χ0v) is 13.3. The quantitative estimate of drug-likeness (QED) is 0.841. The smallest absolute Gasteiger partial charge is 0.161 e. The Morgan fingerprint density at radius 1 is 1.09 bits per heavy atom. The van der Waals surface area contributed by atoms with Gasteiger partial charge in [-0.25, -0.2) is 0 Å². The Kier molecular flexibility index (Phi) is 6.31. The van der Waals surface area contributed by atoms with Crippen LogP contribution in [0.5, 0.6) is 11.5 Å². The molecule has 0 atom stereocenters. The number of methoxy groups -OCH3 is 1. The lowest BCUT2D eigenvalue weighted by molar-refractivity contribution is 0.326. The molecule has 3 nitrogen and oxygen atoms in total. The summed E-state index contributed by atoms with van der Waals surface area (Å²) in [6, 6.07) is 13.5. The number of hydrogen-bond donors (Lipinski definition) is 1. The molecule has 0 radical (unpaired) electrons. The van der Waals surface area contributed by atoms with E-state index in [1.807, 2.05) is 54.6 Å². The molecule has 22 heavy (non-hydrogen) atoms. The van der Waals surface area contributed by atoms with E-state index < -0.39 is 0 Å². The van der Waals surface area contributed by atoms with Crippen LogP contribution in [-0.2, 0) is 6.42 Å². The van der Waals surface area contributed by atoms with Crippen molar-refractivity contribution in [1.29, 1.82) is 0 Å². The summed E-state index contributed by atoms with van der Waals surface area (Å²) in [6.45, 7) is 1.09. The summed E-state index contributed by atoms with van der Waals surface area (Å²) in [7, 11) is 1.64. The van der Waals surface area contributed by atoms with Gasteiger partial charge in [0.1, 0.15) is 6.61 Å². The number of nitrogens with two attached hydrogens (primary N) is 1. The minimum Gasteiger partial charge on any atom is -0.493 e. The fraction of sp³-hybridized carbons (Fsp3) is 0.222. The van der Waals surface area contributed by atoms with Gasteiger partial charge in [-0.2, -0.15) is 0 Å². The molecule has 2 aromatic rings. The fourth-order valence-electron chi connectivity index (χ4n) is 2.05. The minimum absolute atomic E-state index is 0.467. The Bertz CT molecular complexity index is 623. The van der Waals surface area contributed by atoms with Crippen molar-refractivity contribution in [2.24, 2.45) is 5.73 Å². The number of halogens is 1. The van der Waals surface area contributed by atoms with Crippen molar-refractivity contribution in [2.75, 3.05) is 20.3 Å². The molecule has 2 rings (SSSR count). The van der Waals surface area contributed by atoms with Crippen LogP contribution >= 0.6 is 11.6 Å². The van der Waals surface area contributed by atoms with Crippen LogP contribution in [0, 0.1) is 0 Å². The molecule has 0 aliphatic heterocycles. The highest BCUT2D eigenvalue weighted by molar-refractivity contribution is 6.30. The number of ether oxygens (including phenoxy) is 2. The molecule has 0 spiro atoms. The van der Waals surface area contributed by atoms with Gasteiger partial charge >= 0.3 is 0 Å². The van der Waals surface area contributed by atoms with Crippen LogP contribution in [-0.4, -0.2) is 20.3 Å². The first-order valence-corrected chi connectivity index (χ1v) is 7.52. The van der Waals surface area contributed by atoms with Crippen molar-refractivity contribution in [1.82, 2.24) is 0 Å². The average Bonchev–Trinajstić information content (AvgIpc) is 2.54. The van der Waals surface area contributed by atoms with Gasteiger partial charge in [0.25, 0.3) is 0 Å². The molecular formula is C18H20ClNO2. The van der Waals surface area contributed by atoms with E-state index in [4.69, 9.17) is 26.8 Å². The highest BCUT2D eigenvalue weighted by atomic mass is 35.5. The van der Waals surface area contributed by atoms with Crippen molar-refractivity contribution < 1.29 is 9.47 Å². The Hall–Kier alpha value is -1.97. The molecule has 2 aromatic carbocycles. The molecule has 0 saturated heterocycles. The summed E-state index contributed by atoms with van der Waals surface area (Å²) in [5.41, 5.74) is 7.79. The van der Waals surface area contributed by atoms with E-state index in [2.05, 4.69) is 0 Å². The van der Waals surface area contributed by atoms with E-state index in [0.29, 0.717) is 13.2 Å². The van der Waals surface area contributed by atoms with Crippen LogP contribution in [0.2, 0.25) is 5.02 Å². The maximum Gasteiger partial charge on any atom is 0.161 e. The number of benzene rings is 2. The molecule has 0 aliphatic rings. The molecule has 2 N–H and O–H groups in total. The maximum atomic E-state index is 5.85. The van der Waals surface area contributed by atoms with Crippen molar-refractivity contribution in [2.45, 2.75) is 6.42 Å². The standard InChI is InChI=1S/C18H20ClNO2/c1-21-18-13-15(10-11-20)6-9-17(18)22-12-2-3-14-4-7-16(19)8-5-14/h2-9,13H,10-12,20H2,1H3/b3-2+.